The number of fused-ring (bicyclic) bond motifs is 1. The standard InChI is InChI=1S/C22H24N2O3S/c1-27-21-12-17(22(25)26)9-10-20(21)23-28-24-13-18-8-7-16(11-19(18)14-24)15-5-3-2-4-6-15/h5,7-12,23H,2-4,6,13-14H2,1H3,(H,25,26). The molecule has 5 nitrogen and oxygen atoms in total. The first kappa shape index (κ1) is 18.9. The molecule has 1 aliphatic heterocycles. The number of nitrogens with zero attached hydrogens (tertiary/aromatic N) is 1. The number of anilines is 1. The molecule has 2 N–H and O–H groups in total. The van der Waals surface area contributed by atoms with Crippen LogP contribution in [0.15, 0.2) is 42.5 Å². The number of ether oxygens (including phenoxy) is 1. The Morgan fingerprint density at radius 2 is 2.00 bits per heavy atom. The molecule has 0 bridgehead atoms. The van der Waals surface area contributed by atoms with Crippen molar-refractivity contribution >= 4 is 29.4 Å². The van der Waals surface area contributed by atoms with Crippen LogP contribution >= 0.6 is 12.1 Å². The molecule has 0 unspecified atom stereocenters. The molecule has 4 rings (SSSR count). The van der Waals surface area contributed by atoms with E-state index in [9.17, 15) is 4.79 Å². The summed E-state index contributed by atoms with van der Waals surface area (Å²) in [6.45, 7) is 1.76. The molecular formula is C22H24N2O3S. The Bertz CT molecular complexity index is 926. The highest BCUT2D eigenvalue weighted by atomic mass is 32.2. The first-order valence-corrected chi connectivity index (χ1v) is 10.3. The molecule has 2 aromatic rings. The minimum absolute atomic E-state index is 0.213. The second-order valence-electron chi connectivity index (χ2n) is 7.17. The average Bonchev–Trinajstić information content (AvgIpc) is 3.14. The number of hydrogen-bond acceptors (Lipinski definition) is 5. The van der Waals surface area contributed by atoms with Gasteiger partial charge in [-0.2, -0.15) is 0 Å². The van der Waals surface area contributed by atoms with E-state index in [4.69, 9.17) is 9.84 Å². The third-order valence-corrected chi connectivity index (χ3v) is 6.12. The van der Waals surface area contributed by atoms with Crippen molar-refractivity contribution < 1.29 is 14.6 Å². The number of aromatic carboxylic acids is 1. The Hall–Kier alpha value is -2.44. The van der Waals surface area contributed by atoms with E-state index in [1.165, 1.54) is 66.1 Å². The van der Waals surface area contributed by atoms with E-state index in [2.05, 4.69) is 33.3 Å². The smallest absolute Gasteiger partial charge is 0.335 e. The molecule has 0 radical (unpaired) electrons. The largest absolute Gasteiger partial charge is 0.495 e. The van der Waals surface area contributed by atoms with E-state index in [0.717, 1.165) is 18.8 Å². The van der Waals surface area contributed by atoms with E-state index in [1.54, 1.807) is 19.2 Å². The van der Waals surface area contributed by atoms with Crippen LogP contribution in [-0.4, -0.2) is 22.5 Å². The lowest BCUT2D eigenvalue weighted by Gasteiger charge is -2.16. The summed E-state index contributed by atoms with van der Waals surface area (Å²) in [5.74, 6) is -0.438. The van der Waals surface area contributed by atoms with Crippen molar-refractivity contribution in [2.24, 2.45) is 0 Å². The molecule has 6 heteroatoms. The number of carboxylic acids is 1. The van der Waals surface area contributed by atoms with Crippen LogP contribution in [0.25, 0.3) is 5.57 Å². The zero-order valence-electron chi connectivity index (χ0n) is 15.9. The maximum atomic E-state index is 11.1. The summed E-state index contributed by atoms with van der Waals surface area (Å²) in [5.41, 5.74) is 6.58. The van der Waals surface area contributed by atoms with E-state index < -0.39 is 5.97 Å². The van der Waals surface area contributed by atoms with Gasteiger partial charge >= 0.3 is 5.97 Å². The van der Waals surface area contributed by atoms with Gasteiger partial charge in [0.05, 0.1) is 18.4 Å². The highest BCUT2D eigenvalue weighted by molar-refractivity contribution is 7.98. The first-order chi connectivity index (χ1) is 13.6. The van der Waals surface area contributed by atoms with Crippen molar-refractivity contribution in [1.82, 2.24) is 4.31 Å². The zero-order chi connectivity index (χ0) is 19.5. The minimum Gasteiger partial charge on any atom is -0.495 e. The number of carboxylic acid groups (broad SMARTS) is 1. The average molecular weight is 397 g/mol. The molecule has 2 aliphatic rings. The van der Waals surface area contributed by atoms with Gasteiger partial charge in [0.15, 0.2) is 0 Å². The van der Waals surface area contributed by atoms with E-state index >= 15 is 0 Å². The molecule has 1 aliphatic carbocycles. The van der Waals surface area contributed by atoms with Crippen LogP contribution in [0.4, 0.5) is 5.69 Å². The lowest BCUT2D eigenvalue weighted by atomic mass is 9.92. The van der Waals surface area contributed by atoms with Crippen LogP contribution < -0.4 is 9.46 Å². The van der Waals surface area contributed by atoms with Gasteiger partial charge in [0.1, 0.15) is 5.75 Å². The van der Waals surface area contributed by atoms with E-state index in [0.29, 0.717) is 5.75 Å². The number of methoxy groups -OCH3 is 1. The molecule has 0 spiro atoms. The summed E-state index contributed by atoms with van der Waals surface area (Å²) in [4.78, 5) is 11.1. The summed E-state index contributed by atoms with van der Waals surface area (Å²) < 4.78 is 10.9. The molecule has 28 heavy (non-hydrogen) atoms. The molecule has 0 fully saturated rings. The lowest BCUT2D eigenvalue weighted by Crippen LogP contribution is -2.10. The molecule has 0 amide bonds. The van der Waals surface area contributed by atoms with E-state index in [1.807, 2.05) is 0 Å². The number of nitrogens with one attached hydrogen (secondary N) is 1. The Morgan fingerprint density at radius 3 is 2.75 bits per heavy atom. The predicted molar refractivity (Wildman–Crippen MR) is 113 cm³/mol. The van der Waals surface area contributed by atoms with Crippen LogP contribution in [0.2, 0.25) is 0 Å². The van der Waals surface area contributed by atoms with Crippen molar-refractivity contribution in [3.05, 3.63) is 64.7 Å². The van der Waals surface area contributed by atoms with Crippen LogP contribution in [-0.2, 0) is 13.1 Å². The lowest BCUT2D eigenvalue weighted by molar-refractivity contribution is 0.0696. The number of carbonyl (C=O) groups is 1. The number of benzene rings is 2. The van der Waals surface area contributed by atoms with Crippen molar-refractivity contribution in [2.45, 2.75) is 38.8 Å². The van der Waals surface area contributed by atoms with Gasteiger partial charge in [-0.15, -0.1) is 0 Å². The monoisotopic (exact) mass is 396 g/mol. The van der Waals surface area contributed by atoms with Crippen LogP contribution in [0.5, 0.6) is 5.75 Å². The Labute approximate surface area is 169 Å². The molecule has 0 aromatic heterocycles. The zero-order valence-corrected chi connectivity index (χ0v) is 16.7. The molecule has 0 saturated carbocycles. The molecule has 1 heterocycles. The number of hydrogen-bond donors (Lipinski definition) is 2. The van der Waals surface area contributed by atoms with Crippen molar-refractivity contribution in [1.29, 1.82) is 0 Å². The van der Waals surface area contributed by atoms with Crippen LogP contribution in [0, 0.1) is 0 Å². The predicted octanol–water partition coefficient (Wildman–Crippen LogP) is 5.34. The van der Waals surface area contributed by atoms with Crippen molar-refractivity contribution in [3.63, 3.8) is 0 Å². The van der Waals surface area contributed by atoms with Crippen LogP contribution in [0.3, 0.4) is 0 Å². The van der Waals surface area contributed by atoms with Crippen molar-refractivity contribution in [2.75, 3.05) is 11.8 Å². The molecule has 0 atom stereocenters. The van der Waals surface area contributed by atoms with Gasteiger partial charge in [-0.05, 0) is 72.2 Å². The summed E-state index contributed by atoms with van der Waals surface area (Å²) in [7, 11) is 1.55. The van der Waals surface area contributed by atoms with Gasteiger partial charge < -0.3 is 14.6 Å². The fourth-order valence-electron chi connectivity index (χ4n) is 3.75. The molecule has 2 aromatic carbocycles. The maximum Gasteiger partial charge on any atom is 0.335 e. The third kappa shape index (κ3) is 4.03. The first-order valence-electron chi connectivity index (χ1n) is 9.54. The van der Waals surface area contributed by atoms with Gasteiger partial charge in [-0.1, -0.05) is 18.2 Å². The van der Waals surface area contributed by atoms with E-state index in [-0.39, 0.29) is 5.56 Å². The summed E-state index contributed by atoms with van der Waals surface area (Å²) in [6.07, 6.45) is 7.37. The Balaban J connectivity index is 1.41. The number of rotatable bonds is 6. The topological polar surface area (TPSA) is 61.8 Å². The highest BCUT2D eigenvalue weighted by Crippen LogP contribution is 2.35. The third-order valence-electron chi connectivity index (χ3n) is 5.29. The number of allylic oxidation sites excluding steroid dienone is 2. The van der Waals surface area contributed by atoms with Gasteiger partial charge in [-0.3, -0.25) is 0 Å². The van der Waals surface area contributed by atoms with Gasteiger partial charge in [0.2, 0.25) is 0 Å². The Morgan fingerprint density at radius 1 is 1.14 bits per heavy atom. The summed E-state index contributed by atoms with van der Waals surface area (Å²) in [5, 5.41) is 9.12. The van der Waals surface area contributed by atoms with Gasteiger partial charge in [0, 0.05) is 25.2 Å². The van der Waals surface area contributed by atoms with Gasteiger partial charge in [0.25, 0.3) is 0 Å². The fraction of sp³-hybridized carbons (Fsp3) is 0.318. The summed E-state index contributed by atoms with van der Waals surface area (Å²) >= 11 is 1.52. The fourth-order valence-corrected chi connectivity index (χ4v) is 4.55. The maximum absolute atomic E-state index is 11.1. The molecular weight excluding hydrogens is 372 g/mol. The molecule has 0 saturated heterocycles. The summed E-state index contributed by atoms with van der Waals surface area (Å²) in [6, 6.07) is 11.7. The molecule has 146 valence electrons. The quantitative estimate of drug-likeness (QED) is 0.643. The SMILES string of the molecule is COc1cc(C(=O)O)ccc1NSN1Cc2ccc(C3=CCCCC3)cc2C1. The van der Waals surface area contributed by atoms with Crippen molar-refractivity contribution in [3.8, 4) is 5.75 Å². The Kier molecular flexibility index (Phi) is 5.59. The van der Waals surface area contributed by atoms with Gasteiger partial charge in [-0.25, -0.2) is 9.10 Å². The second-order valence-corrected chi connectivity index (χ2v) is 8.07. The van der Waals surface area contributed by atoms with Crippen LogP contribution in [0.1, 0.15) is 52.7 Å². The second kappa shape index (κ2) is 8.29. The normalized spacial score (nSPS) is 16.4. The highest BCUT2D eigenvalue weighted by Gasteiger charge is 2.21. The minimum atomic E-state index is -0.962.